The number of methoxy groups -OCH3 is 1. The molecule has 0 bridgehead atoms. The van der Waals surface area contributed by atoms with Gasteiger partial charge in [-0.25, -0.2) is 9.20 Å². The first-order chi connectivity index (χ1) is 16.0. The number of hydrogen-bond acceptors (Lipinski definition) is 4. The number of fused-ring (bicyclic) bond motifs is 1. The van der Waals surface area contributed by atoms with E-state index in [1.807, 2.05) is 49.5 Å². The second-order valence-electron chi connectivity index (χ2n) is 8.10. The molecule has 0 spiro atoms. The second-order valence-corrected chi connectivity index (χ2v) is 8.10. The van der Waals surface area contributed by atoms with E-state index >= 15 is 0 Å². The van der Waals surface area contributed by atoms with Crippen LogP contribution in [0.25, 0.3) is 22.3 Å². The molecule has 0 unspecified atom stereocenters. The van der Waals surface area contributed by atoms with Gasteiger partial charge in [-0.15, -0.1) is 0 Å². The summed E-state index contributed by atoms with van der Waals surface area (Å²) < 4.78 is 11.2. The fraction of sp³-hybridized carbons (Fsp3) is 0.192. The van der Waals surface area contributed by atoms with E-state index in [1.54, 1.807) is 22.5 Å². The van der Waals surface area contributed by atoms with Gasteiger partial charge in [-0.1, -0.05) is 30.0 Å². The Balaban J connectivity index is 1.55. The van der Waals surface area contributed by atoms with Crippen LogP contribution < -0.4 is 4.74 Å². The fourth-order valence-corrected chi connectivity index (χ4v) is 4.09. The summed E-state index contributed by atoms with van der Waals surface area (Å²) in [5.74, 6) is 7.27. The highest BCUT2D eigenvalue weighted by molar-refractivity contribution is 5.75. The Hall–Kier alpha value is -4.31. The van der Waals surface area contributed by atoms with Gasteiger partial charge in [-0.05, 0) is 38.0 Å². The molecule has 0 fully saturated rings. The summed E-state index contributed by atoms with van der Waals surface area (Å²) in [6.07, 6.45) is 9.33. The summed E-state index contributed by atoms with van der Waals surface area (Å²) in [7, 11) is 3.55. The van der Waals surface area contributed by atoms with Crippen LogP contribution in [-0.4, -0.2) is 36.3 Å². The lowest BCUT2D eigenvalue weighted by molar-refractivity contribution is 0.417. The Bertz CT molecular complexity index is 1540. The van der Waals surface area contributed by atoms with Crippen molar-refractivity contribution in [1.29, 1.82) is 0 Å². The van der Waals surface area contributed by atoms with Gasteiger partial charge in [-0.2, -0.15) is 15.3 Å². The molecule has 4 heterocycles. The number of rotatable bonds is 3. The van der Waals surface area contributed by atoms with E-state index < -0.39 is 0 Å². The number of benzene rings is 1. The normalized spacial score (nSPS) is 10.9. The molecule has 5 aromatic rings. The van der Waals surface area contributed by atoms with Crippen molar-refractivity contribution in [2.24, 2.45) is 7.05 Å². The van der Waals surface area contributed by atoms with E-state index in [0.717, 1.165) is 39.2 Å². The molecule has 1 aromatic carbocycles. The molecule has 0 radical (unpaired) electrons. The van der Waals surface area contributed by atoms with Gasteiger partial charge in [0, 0.05) is 30.6 Å². The molecule has 164 valence electrons. The minimum Gasteiger partial charge on any atom is -0.494 e. The summed E-state index contributed by atoms with van der Waals surface area (Å²) in [5.41, 5.74) is 8.93. The Labute approximate surface area is 192 Å². The van der Waals surface area contributed by atoms with Gasteiger partial charge in [-0.3, -0.25) is 4.68 Å². The molecule has 0 aliphatic heterocycles. The molecule has 0 atom stereocenters. The van der Waals surface area contributed by atoms with Gasteiger partial charge in [0.25, 0.3) is 0 Å². The monoisotopic (exact) mass is 436 g/mol. The maximum absolute atomic E-state index is 5.69. The standard InChI is InChI=1S/C26H24N6O/c1-17-7-6-8-18(2)25(17)32-19(3)20(12-29-32)9-10-21-13-28-31-16-22(11-24(33-5)26(21)31)23-14-27-30(4)15-23/h6-8,11-16H,1-5H3. The minimum absolute atomic E-state index is 0.709. The van der Waals surface area contributed by atoms with Crippen molar-refractivity contribution in [3.05, 3.63) is 83.2 Å². The third-order valence-electron chi connectivity index (χ3n) is 5.83. The van der Waals surface area contributed by atoms with Crippen LogP contribution >= 0.6 is 0 Å². The van der Waals surface area contributed by atoms with Crippen molar-refractivity contribution in [3.63, 3.8) is 0 Å². The highest BCUT2D eigenvalue weighted by atomic mass is 16.5. The molecule has 0 aliphatic carbocycles. The van der Waals surface area contributed by atoms with E-state index in [-0.39, 0.29) is 0 Å². The average molecular weight is 437 g/mol. The number of para-hydroxylation sites is 1. The molecule has 0 N–H and O–H groups in total. The average Bonchev–Trinajstić information content (AvgIpc) is 3.51. The first-order valence-electron chi connectivity index (χ1n) is 10.6. The van der Waals surface area contributed by atoms with Gasteiger partial charge < -0.3 is 4.74 Å². The quantitative estimate of drug-likeness (QED) is 0.397. The van der Waals surface area contributed by atoms with Crippen LogP contribution in [-0.2, 0) is 7.05 Å². The molecule has 0 amide bonds. The molecule has 0 saturated carbocycles. The van der Waals surface area contributed by atoms with E-state index in [9.17, 15) is 0 Å². The molecular formula is C26H24N6O. The van der Waals surface area contributed by atoms with Crippen LogP contribution in [0.2, 0.25) is 0 Å². The topological polar surface area (TPSA) is 62.2 Å². The van der Waals surface area contributed by atoms with Crippen LogP contribution in [0.1, 0.15) is 27.9 Å². The third kappa shape index (κ3) is 3.56. The van der Waals surface area contributed by atoms with Crippen LogP contribution in [0.15, 0.2) is 55.2 Å². The number of pyridine rings is 1. The predicted octanol–water partition coefficient (Wildman–Crippen LogP) is 4.25. The maximum Gasteiger partial charge on any atom is 0.146 e. The zero-order chi connectivity index (χ0) is 23.1. The van der Waals surface area contributed by atoms with Crippen molar-refractivity contribution in [2.75, 3.05) is 7.11 Å². The lowest BCUT2D eigenvalue weighted by Crippen LogP contribution is -2.03. The van der Waals surface area contributed by atoms with Crippen molar-refractivity contribution in [1.82, 2.24) is 29.2 Å². The largest absolute Gasteiger partial charge is 0.494 e. The zero-order valence-electron chi connectivity index (χ0n) is 19.3. The van der Waals surface area contributed by atoms with Crippen molar-refractivity contribution in [3.8, 4) is 34.4 Å². The summed E-state index contributed by atoms with van der Waals surface area (Å²) in [6.45, 7) is 6.24. The smallest absolute Gasteiger partial charge is 0.146 e. The summed E-state index contributed by atoms with van der Waals surface area (Å²) in [5, 5.41) is 13.4. The van der Waals surface area contributed by atoms with Crippen molar-refractivity contribution in [2.45, 2.75) is 20.8 Å². The van der Waals surface area contributed by atoms with Crippen molar-refractivity contribution < 1.29 is 4.74 Å². The predicted molar refractivity (Wildman–Crippen MR) is 128 cm³/mol. The molecule has 0 aliphatic rings. The van der Waals surface area contributed by atoms with E-state index in [4.69, 9.17) is 4.74 Å². The highest BCUT2D eigenvalue weighted by Crippen LogP contribution is 2.29. The Morgan fingerprint density at radius 3 is 2.27 bits per heavy atom. The van der Waals surface area contributed by atoms with Gasteiger partial charge in [0.15, 0.2) is 0 Å². The van der Waals surface area contributed by atoms with Gasteiger partial charge in [0.2, 0.25) is 0 Å². The summed E-state index contributed by atoms with van der Waals surface area (Å²) in [4.78, 5) is 0. The number of nitrogens with zero attached hydrogens (tertiary/aromatic N) is 6. The molecule has 5 rings (SSSR count). The molecule has 7 nitrogen and oxygen atoms in total. The SMILES string of the molecule is COc1cc(-c2cnn(C)c2)cn2ncc(C#Cc3cnn(-c4c(C)cccc4C)c3C)c12. The summed E-state index contributed by atoms with van der Waals surface area (Å²) >= 11 is 0. The minimum atomic E-state index is 0.709. The van der Waals surface area contributed by atoms with Gasteiger partial charge in [0.05, 0.1) is 48.2 Å². The first-order valence-corrected chi connectivity index (χ1v) is 10.6. The molecular weight excluding hydrogens is 412 g/mol. The fourth-order valence-electron chi connectivity index (χ4n) is 4.09. The van der Waals surface area contributed by atoms with Gasteiger partial charge >= 0.3 is 0 Å². The van der Waals surface area contributed by atoms with E-state index in [2.05, 4.69) is 59.2 Å². The molecule has 4 aromatic heterocycles. The van der Waals surface area contributed by atoms with Crippen molar-refractivity contribution >= 4 is 5.52 Å². The van der Waals surface area contributed by atoms with Crippen LogP contribution in [0.3, 0.4) is 0 Å². The number of hydrogen-bond donors (Lipinski definition) is 0. The van der Waals surface area contributed by atoms with Crippen LogP contribution in [0.5, 0.6) is 5.75 Å². The summed E-state index contributed by atoms with van der Waals surface area (Å²) in [6, 6.07) is 8.25. The van der Waals surface area contributed by atoms with Crippen LogP contribution in [0, 0.1) is 32.6 Å². The van der Waals surface area contributed by atoms with Crippen LogP contribution in [0.4, 0.5) is 0 Å². The Kier molecular flexibility index (Phi) is 4.98. The second kappa shape index (κ2) is 7.99. The first kappa shape index (κ1) is 20.6. The van der Waals surface area contributed by atoms with E-state index in [1.165, 1.54) is 11.1 Å². The number of ether oxygens (including phenoxy) is 1. The molecule has 33 heavy (non-hydrogen) atoms. The lowest BCUT2D eigenvalue weighted by atomic mass is 10.1. The van der Waals surface area contributed by atoms with E-state index in [0.29, 0.717) is 5.75 Å². The Morgan fingerprint density at radius 1 is 0.848 bits per heavy atom. The number of aryl methyl sites for hydroxylation is 3. The third-order valence-corrected chi connectivity index (χ3v) is 5.83. The van der Waals surface area contributed by atoms with Gasteiger partial charge in [0.1, 0.15) is 11.3 Å². The maximum atomic E-state index is 5.69. The highest BCUT2D eigenvalue weighted by Gasteiger charge is 2.14. The zero-order valence-corrected chi connectivity index (χ0v) is 19.3. The lowest BCUT2D eigenvalue weighted by Gasteiger charge is -2.11. The molecule has 7 heteroatoms. The Morgan fingerprint density at radius 2 is 1.58 bits per heavy atom. The number of aromatic nitrogens is 6. The molecule has 0 saturated heterocycles.